The molecule has 0 radical (unpaired) electrons. The van der Waals surface area contributed by atoms with Crippen LogP contribution in [0.3, 0.4) is 0 Å². The van der Waals surface area contributed by atoms with E-state index in [4.69, 9.17) is 16.3 Å². The first-order valence-electron chi connectivity index (χ1n) is 8.82. The first-order valence-corrected chi connectivity index (χ1v) is 10.7. The van der Waals surface area contributed by atoms with Crippen molar-refractivity contribution in [2.75, 3.05) is 18.5 Å². The van der Waals surface area contributed by atoms with Gasteiger partial charge in [0.25, 0.3) is 0 Å². The minimum Gasteiger partial charge on any atom is -0.381 e. The highest BCUT2D eigenvalue weighted by molar-refractivity contribution is 7.92. The molecule has 5 nitrogen and oxygen atoms in total. The maximum atomic E-state index is 13.6. The zero-order chi connectivity index (χ0) is 18.2. The summed E-state index contributed by atoms with van der Waals surface area (Å²) in [7, 11) is -3.62. The Kier molecular flexibility index (Phi) is 4.67. The number of benzene rings is 1. The van der Waals surface area contributed by atoms with Crippen LogP contribution in [0.2, 0.25) is 5.02 Å². The molecule has 2 heterocycles. The molecule has 1 saturated carbocycles. The molecule has 2 fully saturated rings. The molecule has 0 amide bonds. The molecule has 0 spiro atoms. The van der Waals surface area contributed by atoms with Gasteiger partial charge in [-0.3, -0.25) is 0 Å². The Balaban J connectivity index is 1.74. The summed E-state index contributed by atoms with van der Waals surface area (Å²) in [5.41, 5.74) is 0.720. The highest BCUT2D eigenvalue weighted by Gasteiger charge is 2.47. The first-order chi connectivity index (χ1) is 12.5. The van der Waals surface area contributed by atoms with Gasteiger partial charge in [0.2, 0.25) is 0 Å². The SMILES string of the molecule is O=S(=O)(c1ccc(Cl)cc1)C1(c2ccc(NC3CC3)nc2)CCOCC1. The van der Waals surface area contributed by atoms with Gasteiger partial charge in [-0.15, -0.1) is 0 Å². The number of nitrogens with zero attached hydrogens (tertiary/aromatic N) is 1. The van der Waals surface area contributed by atoms with Crippen LogP contribution in [0.5, 0.6) is 0 Å². The van der Waals surface area contributed by atoms with E-state index in [-0.39, 0.29) is 4.90 Å². The molecule has 138 valence electrons. The second-order valence-corrected chi connectivity index (χ2v) is 9.61. The fourth-order valence-electron chi connectivity index (χ4n) is 3.44. The van der Waals surface area contributed by atoms with Crippen molar-refractivity contribution in [3.63, 3.8) is 0 Å². The van der Waals surface area contributed by atoms with Crippen LogP contribution < -0.4 is 5.32 Å². The molecule has 2 aliphatic rings. The Bertz CT molecular complexity index is 872. The number of halogens is 1. The van der Waals surface area contributed by atoms with Gasteiger partial charge in [0.1, 0.15) is 10.6 Å². The van der Waals surface area contributed by atoms with Crippen molar-refractivity contribution in [2.45, 2.75) is 41.4 Å². The van der Waals surface area contributed by atoms with Crippen LogP contribution in [0, 0.1) is 0 Å². The van der Waals surface area contributed by atoms with Crippen LogP contribution in [0.25, 0.3) is 0 Å². The Morgan fingerprint density at radius 2 is 1.77 bits per heavy atom. The van der Waals surface area contributed by atoms with Crippen molar-refractivity contribution in [1.82, 2.24) is 4.98 Å². The van der Waals surface area contributed by atoms with E-state index in [1.165, 1.54) is 0 Å². The lowest BCUT2D eigenvalue weighted by atomic mass is 9.91. The third kappa shape index (κ3) is 3.21. The van der Waals surface area contributed by atoms with Gasteiger partial charge in [-0.05, 0) is 61.6 Å². The monoisotopic (exact) mass is 392 g/mol. The number of rotatable bonds is 5. The average molecular weight is 393 g/mol. The van der Waals surface area contributed by atoms with Gasteiger partial charge in [0.05, 0.1) is 4.90 Å². The largest absolute Gasteiger partial charge is 0.381 e. The predicted octanol–water partition coefficient (Wildman–Crippen LogP) is 3.79. The van der Waals surface area contributed by atoms with Crippen molar-refractivity contribution < 1.29 is 13.2 Å². The molecule has 1 aromatic carbocycles. The van der Waals surface area contributed by atoms with Gasteiger partial charge in [-0.2, -0.15) is 0 Å². The minimum absolute atomic E-state index is 0.281. The lowest BCUT2D eigenvalue weighted by Gasteiger charge is -2.37. The third-order valence-corrected chi connectivity index (χ3v) is 7.98. The molecule has 2 aromatic rings. The summed E-state index contributed by atoms with van der Waals surface area (Å²) >= 11 is 5.93. The zero-order valence-corrected chi connectivity index (χ0v) is 15.9. The Morgan fingerprint density at radius 3 is 2.35 bits per heavy atom. The van der Waals surface area contributed by atoms with E-state index < -0.39 is 14.6 Å². The quantitative estimate of drug-likeness (QED) is 0.838. The number of nitrogens with one attached hydrogen (secondary N) is 1. The van der Waals surface area contributed by atoms with E-state index in [0.29, 0.717) is 37.1 Å². The van der Waals surface area contributed by atoms with Crippen molar-refractivity contribution in [1.29, 1.82) is 0 Å². The number of hydrogen-bond donors (Lipinski definition) is 1. The van der Waals surface area contributed by atoms with E-state index in [9.17, 15) is 8.42 Å². The number of hydrogen-bond acceptors (Lipinski definition) is 5. The van der Waals surface area contributed by atoms with Crippen LogP contribution in [-0.4, -0.2) is 32.7 Å². The lowest BCUT2D eigenvalue weighted by Crippen LogP contribution is -2.41. The summed E-state index contributed by atoms with van der Waals surface area (Å²) < 4.78 is 31.5. The van der Waals surface area contributed by atoms with Gasteiger partial charge in [-0.1, -0.05) is 17.7 Å². The van der Waals surface area contributed by atoms with E-state index >= 15 is 0 Å². The number of anilines is 1. The summed E-state index contributed by atoms with van der Waals surface area (Å²) in [6, 6.07) is 10.6. The molecule has 1 aliphatic carbocycles. The first kappa shape index (κ1) is 17.8. The fraction of sp³-hybridized carbons (Fsp3) is 0.421. The summed E-state index contributed by atoms with van der Waals surface area (Å²) in [4.78, 5) is 4.74. The molecule has 1 aliphatic heterocycles. The molecular formula is C19H21ClN2O3S. The summed E-state index contributed by atoms with van der Waals surface area (Å²) in [5.74, 6) is 0.794. The Labute approximate surface area is 158 Å². The molecule has 0 atom stereocenters. The molecule has 1 N–H and O–H groups in total. The van der Waals surface area contributed by atoms with Gasteiger partial charge >= 0.3 is 0 Å². The van der Waals surface area contributed by atoms with Crippen molar-refractivity contribution in [3.8, 4) is 0 Å². The number of ether oxygens (including phenoxy) is 1. The van der Waals surface area contributed by atoms with Crippen LogP contribution >= 0.6 is 11.6 Å². The second-order valence-electron chi connectivity index (χ2n) is 6.91. The molecule has 1 aromatic heterocycles. The van der Waals surface area contributed by atoms with Crippen molar-refractivity contribution >= 4 is 27.3 Å². The lowest BCUT2D eigenvalue weighted by molar-refractivity contribution is 0.0739. The topological polar surface area (TPSA) is 68.3 Å². The molecule has 7 heteroatoms. The minimum atomic E-state index is -3.62. The average Bonchev–Trinajstić information content (AvgIpc) is 3.47. The van der Waals surface area contributed by atoms with Crippen LogP contribution in [0.15, 0.2) is 47.5 Å². The van der Waals surface area contributed by atoms with E-state index in [1.54, 1.807) is 30.5 Å². The maximum Gasteiger partial charge on any atom is 0.188 e. The van der Waals surface area contributed by atoms with Crippen molar-refractivity contribution in [2.24, 2.45) is 0 Å². The van der Waals surface area contributed by atoms with E-state index in [2.05, 4.69) is 10.3 Å². The Morgan fingerprint density at radius 1 is 1.08 bits per heavy atom. The molecular weight excluding hydrogens is 372 g/mol. The molecule has 4 rings (SSSR count). The number of pyridine rings is 1. The summed E-state index contributed by atoms with van der Waals surface area (Å²) in [5, 5.41) is 3.85. The molecule has 26 heavy (non-hydrogen) atoms. The predicted molar refractivity (Wildman–Crippen MR) is 101 cm³/mol. The highest BCUT2D eigenvalue weighted by Crippen LogP contribution is 2.43. The molecule has 0 unspecified atom stereocenters. The number of sulfone groups is 1. The summed E-state index contributed by atoms with van der Waals surface area (Å²) in [6.07, 6.45) is 4.85. The summed E-state index contributed by atoms with van der Waals surface area (Å²) in [6.45, 7) is 0.823. The van der Waals surface area contributed by atoms with Crippen LogP contribution in [-0.2, 0) is 19.3 Å². The van der Waals surface area contributed by atoms with E-state index in [0.717, 1.165) is 24.2 Å². The molecule has 1 saturated heterocycles. The van der Waals surface area contributed by atoms with Crippen molar-refractivity contribution in [3.05, 3.63) is 53.2 Å². The van der Waals surface area contributed by atoms with Crippen LogP contribution in [0.4, 0.5) is 5.82 Å². The van der Waals surface area contributed by atoms with Gasteiger partial charge in [-0.25, -0.2) is 13.4 Å². The standard InChI is InChI=1S/C19H21ClN2O3S/c20-15-2-6-17(7-3-15)26(23,24)19(9-11-25-12-10-19)14-1-8-18(21-13-14)22-16-4-5-16/h1-3,6-8,13,16H,4-5,9-12H2,(H,21,22). The fourth-order valence-corrected chi connectivity index (χ4v) is 5.65. The number of aromatic nitrogens is 1. The highest BCUT2D eigenvalue weighted by atomic mass is 35.5. The Hall–Kier alpha value is -1.63. The van der Waals surface area contributed by atoms with Crippen LogP contribution in [0.1, 0.15) is 31.2 Å². The van der Waals surface area contributed by atoms with Gasteiger partial charge in [0.15, 0.2) is 9.84 Å². The van der Waals surface area contributed by atoms with Gasteiger partial charge in [0, 0.05) is 30.5 Å². The van der Waals surface area contributed by atoms with E-state index in [1.807, 2.05) is 12.1 Å². The zero-order valence-electron chi connectivity index (χ0n) is 14.3. The molecule has 0 bridgehead atoms. The normalized spacial score (nSPS) is 19.9. The second kappa shape index (κ2) is 6.83. The maximum absolute atomic E-state index is 13.6. The third-order valence-electron chi connectivity index (χ3n) is 5.16. The van der Waals surface area contributed by atoms with Gasteiger partial charge < -0.3 is 10.1 Å². The smallest absolute Gasteiger partial charge is 0.188 e.